The largest absolute Gasteiger partial charge is 0.478 e. The number of nitrogens with zero attached hydrogens (tertiary/aromatic N) is 2. The molecule has 1 aliphatic rings. The molecule has 0 atom stereocenters. The van der Waals surface area contributed by atoms with Crippen LogP contribution in [0.15, 0.2) is 42.6 Å². The lowest BCUT2D eigenvalue weighted by Crippen LogP contribution is -2.29. The Hall–Kier alpha value is -2.56. The van der Waals surface area contributed by atoms with Crippen LogP contribution in [0.1, 0.15) is 10.4 Å². The van der Waals surface area contributed by atoms with E-state index in [1.165, 1.54) is 0 Å². The van der Waals surface area contributed by atoms with Crippen LogP contribution >= 0.6 is 0 Å². The predicted octanol–water partition coefficient (Wildman–Crippen LogP) is 2.31. The Bertz CT molecular complexity index is 628. The number of benzene rings is 1. The maximum Gasteiger partial charge on any atom is 0.335 e. The Kier molecular flexibility index (Phi) is 2.79. The Morgan fingerprint density at radius 3 is 3.05 bits per heavy atom. The predicted molar refractivity (Wildman–Crippen MR) is 70.1 cm³/mol. The Labute approximate surface area is 110 Å². The van der Waals surface area contributed by atoms with E-state index < -0.39 is 5.97 Å². The minimum atomic E-state index is -0.929. The molecular weight excluding hydrogens is 244 g/mol. The molecule has 0 radical (unpaired) electrons. The summed E-state index contributed by atoms with van der Waals surface area (Å²) in [5, 5.41) is 9.05. The normalized spacial score (nSPS) is 13.6. The fourth-order valence-electron chi connectivity index (χ4n) is 2.13. The third-order valence-electron chi connectivity index (χ3n) is 3.00. The Morgan fingerprint density at radius 1 is 1.32 bits per heavy atom. The summed E-state index contributed by atoms with van der Waals surface area (Å²) in [6.45, 7) is 1.20. The first-order valence-corrected chi connectivity index (χ1v) is 5.94. The van der Waals surface area contributed by atoms with E-state index >= 15 is 0 Å². The van der Waals surface area contributed by atoms with Gasteiger partial charge in [-0.2, -0.15) is 0 Å². The van der Waals surface area contributed by atoms with E-state index in [2.05, 4.69) is 4.98 Å². The zero-order valence-corrected chi connectivity index (χ0v) is 10.1. The number of aromatic nitrogens is 1. The lowest BCUT2D eigenvalue weighted by molar-refractivity contribution is 0.0697. The van der Waals surface area contributed by atoms with Crippen LogP contribution in [0.2, 0.25) is 0 Å². The molecule has 0 amide bonds. The van der Waals surface area contributed by atoms with Crippen LogP contribution in [-0.2, 0) is 0 Å². The summed E-state index contributed by atoms with van der Waals surface area (Å²) >= 11 is 0. The van der Waals surface area contributed by atoms with Crippen molar-refractivity contribution in [2.75, 3.05) is 18.1 Å². The summed E-state index contributed by atoms with van der Waals surface area (Å²) in [6, 6.07) is 10.6. The van der Waals surface area contributed by atoms with Crippen molar-refractivity contribution in [3.63, 3.8) is 0 Å². The zero-order valence-electron chi connectivity index (χ0n) is 10.1. The van der Waals surface area contributed by atoms with Gasteiger partial charge in [0.2, 0.25) is 5.88 Å². The molecule has 0 saturated heterocycles. The minimum Gasteiger partial charge on any atom is -0.478 e. The Morgan fingerprint density at radius 2 is 2.21 bits per heavy atom. The lowest BCUT2D eigenvalue weighted by atomic mass is 10.1. The molecule has 0 bridgehead atoms. The van der Waals surface area contributed by atoms with Crippen molar-refractivity contribution >= 4 is 17.3 Å². The molecule has 0 aliphatic carbocycles. The number of hydrogen-bond acceptors (Lipinski definition) is 4. The molecule has 5 heteroatoms. The van der Waals surface area contributed by atoms with Crippen molar-refractivity contribution < 1.29 is 14.6 Å². The van der Waals surface area contributed by atoms with Gasteiger partial charge in [0.1, 0.15) is 12.3 Å². The number of carboxylic acid groups (broad SMARTS) is 1. The smallest absolute Gasteiger partial charge is 0.335 e. The molecule has 2 heterocycles. The molecule has 96 valence electrons. The van der Waals surface area contributed by atoms with Gasteiger partial charge in [-0.15, -0.1) is 0 Å². The van der Waals surface area contributed by atoms with Gasteiger partial charge in [-0.25, -0.2) is 9.78 Å². The second kappa shape index (κ2) is 4.61. The topological polar surface area (TPSA) is 62.7 Å². The van der Waals surface area contributed by atoms with Gasteiger partial charge in [-0.1, -0.05) is 6.07 Å². The van der Waals surface area contributed by atoms with Crippen molar-refractivity contribution in [2.45, 2.75) is 0 Å². The van der Waals surface area contributed by atoms with E-state index in [0.717, 1.165) is 11.4 Å². The molecule has 3 rings (SSSR count). The second-order valence-electron chi connectivity index (χ2n) is 4.18. The van der Waals surface area contributed by atoms with Crippen molar-refractivity contribution in [3.8, 4) is 5.88 Å². The lowest BCUT2D eigenvalue weighted by Gasteiger charge is -2.30. The van der Waals surface area contributed by atoms with Crippen LogP contribution < -0.4 is 9.64 Å². The Balaban J connectivity index is 2.04. The highest BCUT2D eigenvalue weighted by atomic mass is 16.5. The van der Waals surface area contributed by atoms with Crippen LogP contribution in [0.3, 0.4) is 0 Å². The van der Waals surface area contributed by atoms with Crippen molar-refractivity contribution in [3.05, 3.63) is 48.2 Å². The maximum atomic E-state index is 11.0. The monoisotopic (exact) mass is 256 g/mol. The zero-order chi connectivity index (χ0) is 13.2. The highest BCUT2D eigenvalue weighted by Gasteiger charge is 2.20. The SMILES string of the molecule is O=C(O)c1cccc(N2CCOc3ncccc32)c1. The molecule has 0 spiro atoms. The van der Waals surface area contributed by atoms with Gasteiger partial charge in [0.15, 0.2) is 0 Å². The summed E-state index contributed by atoms with van der Waals surface area (Å²) in [5.41, 5.74) is 1.96. The molecule has 1 N–H and O–H groups in total. The fourth-order valence-corrected chi connectivity index (χ4v) is 2.13. The second-order valence-corrected chi connectivity index (χ2v) is 4.18. The molecule has 1 aromatic heterocycles. The molecule has 2 aromatic rings. The first kappa shape index (κ1) is 11.5. The van der Waals surface area contributed by atoms with Crippen LogP contribution in [-0.4, -0.2) is 29.2 Å². The fraction of sp³-hybridized carbons (Fsp3) is 0.143. The van der Waals surface area contributed by atoms with Gasteiger partial charge in [0, 0.05) is 11.9 Å². The van der Waals surface area contributed by atoms with Crippen LogP contribution in [0.25, 0.3) is 0 Å². The first-order valence-electron chi connectivity index (χ1n) is 5.94. The molecule has 19 heavy (non-hydrogen) atoms. The number of carbonyl (C=O) groups is 1. The van der Waals surface area contributed by atoms with Gasteiger partial charge in [0.05, 0.1) is 12.1 Å². The maximum absolute atomic E-state index is 11.0. The third kappa shape index (κ3) is 2.10. The number of anilines is 2. The highest BCUT2D eigenvalue weighted by molar-refractivity contribution is 5.89. The average molecular weight is 256 g/mol. The first-order chi connectivity index (χ1) is 9.25. The summed E-state index contributed by atoms with van der Waals surface area (Å²) in [4.78, 5) is 17.2. The number of ether oxygens (including phenoxy) is 1. The van der Waals surface area contributed by atoms with E-state index in [-0.39, 0.29) is 5.56 Å². The van der Waals surface area contributed by atoms with Crippen LogP contribution in [0, 0.1) is 0 Å². The summed E-state index contributed by atoms with van der Waals surface area (Å²) in [7, 11) is 0. The summed E-state index contributed by atoms with van der Waals surface area (Å²) in [5.74, 6) is -0.351. The van der Waals surface area contributed by atoms with Crippen molar-refractivity contribution in [2.24, 2.45) is 0 Å². The number of pyridine rings is 1. The average Bonchev–Trinajstić information content (AvgIpc) is 2.47. The number of aromatic carboxylic acids is 1. The van der Waals surface area contributed by atoms with Crippen LogP contribution in [0.5, 0.6) is 5.88 Å². The number of rotatable bonds is 2. The van der Waals surface area contributed by atoms with Gasteiger partial charge in [-0.05, 0) is 30.3 Å². The quantitative estimate of drug-likeness (QED) is 0.893. The number of carboxylic acids is 1. The van der Waals surface area contributed by atoms with Crippen LogP contribution in [0.4, 0.5) is 11.4 Å². The summed E-state index contributed by atoms with van der Waals surface area (Å²) < 4.78 is 5.48. The van der Waals surface area contributed by atoms with Gasteiger partial charge < -0.3 is 14.7 Å². The van der Waals surface area contributed by atoms with Crippen molar-refractivity contribution in [1.29, 1.82) is 0 Å². The van der Waals surface area contributed by atoms with Crippen molar-refractivity contribution in [1.82, 2.24) is 4.98 Å². The number of hydrogen-bond donors (Lipinski definition) is 1. The molecule has 0 fully saturated rings. The third-order valence-corrected chi connectivity index (χ3v) is 3.00. The van der Waals surface area contributed by atoms with Gasteiger partial charge in [0.25, 0.3) is 0 Å². The van der Waals surface area contributed by atoms with Gasteiger partial charge >= 0.3 is 5.97 Å². The minimum absolute atomic E-state index is 0.273. The molecule has 1 aliphatic heterocycles. The van der Waals surface area contributed by atoms with E-state index in [4.69, 9.17) is 9.84 Å². The summed E-state index contributed by atoms with van der Waals surface area (Å²) in [6.07, 6.45) is 1.68. The van der Waals surface area contributed by atoms with E-state index in [9.17, 15) is 4.79 Å². The highest BCUT2D eigenvalue weighted by Crippen LogP contribution is 2.34. The molecule has 0 saturated carbocycles. The molecule has 1 aromatic carbocycles. The van der Waals surface area contributed by atoms with Gasteiger partial charge in [-0.3, -0.25) is 0 Å². The van der Waals surface area contributed by atoms with E-state index in [1.807, 2.05) is 23.1 Å². The van der Waals surface area contributed by atoms with E-state index in [0.29, 0.717) is 19.0 Å². The number of fused-ring (bicyclic) bond motifs is 1. The standard InChI is InChI=1S/C14H12N2O3/c17-14(18)10-3-1-4-11(9-10)16-7-8-19-13-12(16)5-2-6-15-13/h1-6,9H,7-8H2,(H,17,18). The molecular formula is C14H12N2O3. The van der Waals surface area contributed by atoms with E-state index in [1.54, 1.807) is 24.4 Å². The molecule has 5 nitrogen and oxygen atoms in total. The molecule has 0 unspecified atom stereocenters.